The van der Waals surface area contributed by atoms with E-state index in [4.69, 9.17) is 4.52 Å². The third-order valence-corrected chi connectivity index (χ3v) is 4.40. The highest BCUT2D eigenvalue weighted by molar-refractivity contribution is 5.95. The molecule has 0 radical (unpaired) electrons. The highest BCUT2D eigenvalue weighted by Gasteiger charge is 2.26. The zero-order chi connectivity index (χ0) is 18.6. The van der Waals surface area contributed by atoms with Gasteiger partial charge in [-0.3, -0.25) is 9.59 Å². The minimum absolute atomic E-state index is 0.108. The lowest BCUT2D eigenvalue weighted by Gasteiger charge is -2.26. The van der Waals surface area contributed by atoms with Gasteiger partial charge in [-0.1, -0.05) is 53.7 Å². The number of hydrogen-bond donors (Lipinski definition) is 2. The molecule has 7 heteroatoms. The predicted molar refractivity (Wildman–Crippen MR) is 98.6 cm³/mol. The summed E-state index contributed by atoms with van der Waals surface area (Å²) in [6.07, 6.45) is 0.768. The normalized spacial score (nSPS) is 15.7. The highest BCUT2D eigenvalue weighted by Crippen LogP contribution is 2.30. The average molecular weight is 362 g/mol. The van der Waals surface area contributed by atoms with Crippen LogP contribution in [0.1, 0.15) is 30.3 Å². The summed E-state index contributed by atoms with van der Waals surface area (Å²) in [4.78, 5) is 28.5. The third kappa shape index (κ3) is 3.87. The van der Waals surface area contributed by atoms with Crippen molar-refractivity contribution in [2.24, 2.45) is 0 Å². The Bertz CT molecular complexity index is 968. The third-order valence-electron chi connectivity index (χ3n) is 4.40. The fraction of sp³-hybridized carbons (Fsp3) is 0.200. The second kappa shape index (κ2) is 7.41. The molecule has 136 valence electrons. The van der Waals surface area contributed by atoms with E-state index in [0.717, 1.165) is 16.8 Å². The first-order valence-corrected chi connectivity index (χ1v) is 8.75. The number of carbonyl (C=O) groups is 2. The van der Waals surface area contributed by atoms with Crippen LogP contribution in [0.15, 0.2) is 59.1 Å². The molecule has 2 aromatic carbocycles. The standard InChI is InChI=1S/C20H18N4O3/c25-17(22-16-12-18(26)21-15-9-5-4-8-14(15)16)10-11-19-23-20(24-27-19)13-6-2-1-3-7-13/h1-9,16H,10-12H2,(H,21,26)(H,22,25). The van der Waals surface area contributed by atoms with Crippen molar-refractivity contribution in [3.63, 3.8) is 0 Å². The molecule has 0 bridgehead atoms. The van der Waals surface area contributed by atoms with E-state index in [2.05, 4.69) is 20.8 Å². The molecule has 2 N–H and O–H groups in total. The van der Waals surface area contributed by atoms with E-state index in [9.17, 15) is 9.59 Å². The number of rotatable bonds is 5. The molecule has 0 saturated carbocycles. The largest absolute Gasteiger partial charge is 0.349 e. The summed E-state index contributed by atoms with van der Waals surface area (Å²) < 4.78 is 5.23. The van der Waals surface area contributed by atoms with Gasteiger partial charge >= 0.3 is 0 Å². The molecule has 1 unspecified atom stereocenters. The summed E-state index contributed by atoms with van der Waals surface area (Å²) in [6.45, 7) is 0. The van der Waals surface area contributed by atoms with Gasteiger partial charge in [0.1, 0.15) is 0 Å². The number of para-hydroxylation sites is 1. The number of aryl methyl sites for hydroxylation is 1. The van der Waals surface area contributed by atoms with E-state index < -0.39 is 0 Å². The molecule has 0 saturated heterocycles. The fourth-order valence-electron chi connectivity index (χ4n) is 3.09. The van der Waals surface area contributed by atoms with Crippen LogP contribution in [0.4, 0.5) is 5.69 Å². The smallest absolute Gasteiger partial charge is 0.227 e. The number of benzene rings is 2. The Morgan fingerprint density at radius 3 is 2.78 bits per heavy atom. The maximum atomic E-state index is 12.3. The van der Waals surface area contributed by atoms with Crippen LogP contribution in [0, 0.1) is 0 Å². The number of aromatic nitrogens is 2. The van der Waals surface area contributed by atoms with Crippen LogP contribution in [0.5, 0.6) is 0 Å². The van der Waals surface area contributed by atoms with Gasteiger partial charge < -0.3 is 15.2 Å². The summed E-state index contributed by atoms with van der Waals surface area (Å²) in [5, 5.41) is 9.69. The molecule has 4 rings (SSSR count). The Hall–Kier alpha value is -3.48. The van der Waals surface area contributed by atoms with Gasteiger partial charge in [0.05, 0.1) is 12.5 Å². The van der Waals surface area contributed by atoms with Crippen molar-refractivity contribution in [1.29, 1.82) is 0 Å². The molecule has 2 heterocycles. The second-order valence-corrected chi connectivity index (χ2v) is 6.34. The monoisotopic (exact) mass is 362 g/mol. The SMILES string of the molecule is O=C1CC(NC(=O)CCc2nc(-c3ccccc3)no2)c2ccccc2N1. The van der Waals surface area contributed by atoms with Crippen LogP contribution < -0.4 is 10.6 Å². The number of nitrogens with one attached hydrogen (secondary N) is 2. The van der Waals surface area contributed by atoms with Crippen LogP contribution in [-0.2, 0) is 16.0 Å². The van der Waals surface area contributed by atoms with Crippen molar-refractivity contribution in [2.45, 2.75) is 25.3 Å². The molecule has 27 heavy (non-hydrogen) atoms. The summed E-state index contributed by atoms with van der Waals surface area (Å²) in [6, 6.07) is 16.7. The van der Waals surface area contributed by atoms with Crippen LogP contribution >= 0.6 is 0 Å². The van der Waals surface area contributed by atoms with E-state index in [1.807, 2.05) is 54.6 Å². The molecule has 2 amide bonds. The molecular weight excluding hydrogens is 344 g/mol. The Morgan fingerprint density at radius 1 is 1.15 bits per heavy atom. The Balaban J connectivity index is 1.37. The van der Waals surface area contributed by atoms with Gasteiger partial charge in [-0.15, -0.1) is 0 Å². The maximum Gasteiger partial charge on any atom is 0.227 e. The summed E-state index contributed by atoms with van der Waals surface area (Å²) >= 11 is 0. The molecule has 3 aromatic rings. The number of anilines is 1. The van der Waals surface area contributed by atoms with Crippen LogP contribution in [-0.4, -0.2) is 22.0 Å². The van der Waals surface area contributed by atoms with Gasteiger partial charge in [0.15, 0.2) is 0 Å². The van der Waals surface area contributed by atoms with E-state index >= 15 is 0 Å². The van der Waals surface area contributed by atoms with Crippen molar-refractivity contribution < 1.29 is 14.1 Å². The van der Waals surface area contributed by atoms with Gasteiger partial charge in [0.2, 0.25) is 23.5 Å². The van der Waals surface area contributed by atoms with Gasteiger partial charge in [-0.2, -0.15) is 4.98 Å². The zero-order valence-corrected chi connectivity index (χ0v) is 14.5. The van der Waals surface area contributed by atoms with Gasteiger partial charge in [0.25, 0.3) is 0 Å². The summed E-state index contributed by atoms with van der Waals surface area (Å²) in [7, 11) is 0. The number of carbonyl (C=O) groups excluding carboxylic acids is 2. The lowest BCUT2D eigenvalue weighted by Crippen LogP contribution is -2.35. The van der Waals surface area contributed by atoms with E-state index in [0.29, 0.717) is 18.1 Å². The number of fused-ring (bicyclic) bond motifs is 1. The van der Waals surface area contributed by atoms with Gasteiger partial charge in [0, 0.05) is 24.1 Å². The number of nitrogens with zero attached hydrogens (tertiary/aromatic N) is 2. The first kappa shape index (κ1) is 17.0. The molecule has 1 aliphatic rings. The molecule has 0 aliphatic carbocycles. The topological polar surface area (TPSA) is 97.1 Å². The number of hydrogen-bond acceptors (Lipinski definition) is 5. The highest BCUT2D eigenvalue weighted by atomic mass is 16.5. The first-order valence-electron chi connectivity index (χ1n) is 8.75. The van der Waals surface area contributed by atoms with Gasteiger partial charge in [-0.05, 0) is 11.6 Å². The summed E-state index contributed by atoms with van der Waals surface area (Å²) in [5.74, 6) is 0.641. The molecular formula is C20H18N4O3. The zero-order valence-electron chi connectivity index (χ0n) is 14.5. The quantitative estimate of drug-likeness (QED) is 0.727. The van der Waals surface area contributed by atoms with E-state index in [-0.39, 0.29) is 30.7 Å². The molecule has 1 atom stereocenters. The van der Waals surface area contributed by atoms with Crippen molar-refractivity contribution in [2.75, 3.05) is 5.32 Å². The Morgan fingerprint density at radius 2 is 1.93 bits per heavy atom. The van der Waals surface area contributed by atoms with Crippen molar-refractivity contribution in [3.05, 3.63) is 66.1 Å². The lowest BCUT2D eigenvalue weighted by molar-refractivity contribution is -0.122. The molecule has 7 nitrogen and oxygen atoms in total. The second-order valence-electron chi connectivity index (χ2n) is 6.34. The maximum absolute atomic E-state index is 12.3. The van der Waals surface area contributed by atoms with Crippen LogP contribution in [0.3, 0.4) is 0 Å². The molecule has 0 spiro atoms. The first-order chi connectivity index (χ1) is 13.2. The lowest BCUT2D eigenvalue weighted by atomic mass is 9.97. The van der Waals surface area contributed by atoms with E-state index in [1.54, 1.807) is 0 Å². The van der Waals surface area contributed by atoms with E-state index in [1.165, 1.54) is 0 Å². The van der Waals surface area contributed by atoms with Crippen molar-refractivity contribution >= 4 is 17.5 Å². The number of amides is 2. The molecule has 0 fully saturated rings. The Kier molecular flexibility index (Phi) is 4.65. The molecule has 1 aliphatic heterocycles. The van der Waals surface area contributed by atoms with Crippen molar-refractivity contribution in [1.82, 2.24) is 15.5 Å². The average Bonchev–Trinajstić information content (AvgIpc) is 3.16. The van der Waals surface area contributed by atoms with Crippen LogP contribution in [0.25, 0.3) is 11.4 Å². The van der Waals surface area contributed by atoms with Crippen molar-refractivity contribution in [3.8, 4) is 11.4 Å². The fourth-order valence-corrected chi connectivity index (χ4v) is 3.09. The Labute approximate surface area is 155 Å². The minimum Gasteiger partial charge on any atom is -0.349 e. The predicted octanol–water partition coefficient (Wildman–Crippen LogP) is 2.87. The molecule has 1 aromatic heterocycles. The van der Waals surface area contributed by atoms with Crippen LogP contribution in [0.2, 0.25) is 0 Å². The summed E-state index contributed by atoms with van der Waals surface area (Å²) in [5.41, 5.74) is 2.51. The minimum atomic E-state index is -0.329. The van der Waals surface area contributed by atoms with Gasteiger partial charge in [-0.25, -0.2) is 0 Å².